The molecule has 0 aliphatic heterocycles. The minimum absolute atomic E-state index is 1.05. The van der Waals surface area contributed by atoms with Crippen LogP contribution in [0.15, 0.2) is 42.5 Å². The summed E-state index contributed by atoms with van der Waals surface area (Å²) in [6, 6.07) is 14.8. The minimum atomic E-state index is 1.05. The van der Waals surface area contributed by atoms with Crippen molar-refractivity contribution >= 4 is 15.9 Å². The molecule has 0 unspecified atom stereocenters. The summed E-state index contributed by atoms with van der Waals surface area (Å²) in [4.78, 5) is 2.79. The molecule has 0 atom stereocenters. The Labute approximate surface area is 111 Å². The van der Waals surface area contributed by atoms with Crippen LogP contribution in [-0.2, 0) is 0 Å². The largest absolute Gasteiger partial charge is 0.0616 e. The summed E-state index contributed by atoms with van der Waals surface area (Å²) in [6.07, 6.45) is 0. The molecule has 84 valence electrons. The summed E-state index contributed by atoms with van der Waals surface area (Å²) >= 11 is 3.16. The van der Waals surface area contributed by atoms with Crippen molar-refractivity contribution in [3.8, 4) is 21.9 Å². The van der Waals surface area contributed by atoms with E-state index in [1.54, 1.807) is 0 Å². The van der Waals surface area contributed by atoms with Gasteiger partial charge in [-0.3, -0.25) is 0 Å². The van der Waals surface area contributed by atoms with Crippen LogP contribution in [0.2, 0.25) is 0 Å². The fourth-order valence-electron chi connectivity index (χ4n) is 2.02. The van der Waals surface area contributed by atoms with E-state index in [1.165, 1.54) is 22.3 Å². The van der Waals surface area contributed by atoms with E-state index in [9.17, 15) is 0 Å². The molecule has 0 saturated heterocycles. The Morgan fingerprint density at radius 3 is 2.24 bits per heavy atom. The van der Waals surface area contributed by atoms with Gasteiger partial charge in [0, 0.05) is 21.5 Å². The average molecular weight is 285 g/mol. The highest BCUT2D eigenvalue weighted by Gasteiger charge is 2.03. The topological polar surface area (TPSA) is 0 Å². The van der Waals surface area contributed by atoms with Gasteiger partial charge < -0.3 is 0 Å². The molecule has 0 saturated carbocycles. The maximum absolute atomic E-state index is 3.16. The zero-order valence-electron chi connectivity index (χ0n) is 9.92. The standard InChI is InChI=1S/C16H13Br/c1-12-9-13(2)11-15(10-12)16-6-4-3-5-14(16)7-8-17/h3-6,9-11H,1-2H3. The number of halogens is 1. The smallest absolute Gasteiger partial charge is 0.0332 e. The van der Waals surface area contributed by atoms with E-state index in [0.717, 1.165) is 5.56 Å². The number of aryl methyl sites for hydroxylation is 2. The second kappa shape index (κ2) is 5.21. The third kappa shape index (κ3) is 2.78. The molecular formula is C16H13Br. The molecule has 0 aromatic heterocycles. The summed E-state index contributed by atoms with van der Waals surface area (Å²) in [7, 11) is 0. The molecule has 0 heterocycles. The van der Waals surface area contributed by atoms with Crippen LogP contribution < -0.4 is 0 Å². The molecule has 17 heavy (non-hydrogen) atoms. The summed E-state index contributed by atoms with van der Waals surface area (Å²) < 4.78 is 0. The summed E-state index contributed by atoms with van der Waals surface area (Å²) in [6.45, 7) is 4.24. The molecule has 0 fully saturated rings. The first kappa shape index (κ1) is 12.0. The normalized spacial score (nSPS) is 9.59. The van der Waals surface area contributed by atoms with Crippen LogP contribution in [0.5, 0.6) is 0 Å². The van der Waals surface area contributed by atoms with Crippen molar-refractivity contribution in [2.75, 3.05) is 0 Å². The lowest BCUT2D eigenvalue weighted by Crippen LogP contribution is -1.86. The quantitative estimate of drug-likeness (QED) is 0.668. The van der Waals surface area contributed by atoms with Crippen LogP contribution in [0.3, 0.4) is 0 Å². The number of hydrogen-bond donors (Lipinski definition) is 0. The van der Waals surface area contributed by atoms with E-state index in [-0.39, 0.29) is 0 Å². The minimum Gasteiger partial charge on any atom is -0.0616 e. The molecule has 2 aromatic rings. The lowest BCUT2D eigenvalue weighted by atomic mass is 9.97. The Morgan fingerprint density at radius 1 is 0.941 bits per heavy atom. The highest BCUT2D eigenvalue weighted by Crippen LogP contribution is 2.25. The first-order valence-electron chi connectivity index (χ1n) is 5.50. The lowest BCUT2D eigenvalue weighted by Gasteiger charge is -2.07. The molecule has 1 heteroatoms. The maximum atomic E-state index is 3.16. The predicted molar refractivity (Wildman–Crippen MR) is 77.2 cm³/mol. The van der Waals surface area contributed by atoms with Gasteiger partial charge in [0.05, 0.1) is 0 Å². The second-order valence-corrected chi connectivity index (χ2v) is 4.54. The molecule has 0 N–H and O–H groups in total. The zero-order chi connectivity index (χ0) is 12.3. The van der Waals surface area contributed by atoms with Crippen molar-refractivity contribution in [3.05, 3.63) is 59.2 Å². The number of rotatable bonds is 1. The lowest BCUT2D eigenvalue weighted by molar-refractivity contribution is 1.38. The van der Waals surface area contributed by atoms with Gasteiger partial charge in [-0.05, 0) is 35.9 Å². The van der Waals surface area contributed by atoms with Gasteiger partial charge >= 0.3 is 0 Å². The molecule has 2 aromatic carbocycles. The van der Waals surface area contributed by atoms with E-state index < -0.39 is 0 Å². The van der Waals surface area contributed by atoms with Gasteiger partial charge in [-0.15, -0.1) is 0 Å². The van der Waals surface area contributed by atoms with Crippen LogP contribution in [0.4, 0.5) is 0 Å². The van der Waals surface area contributed by atoms with Crippen LogP contribution in [0.1, 0.15) is 16.7 Å². The Kier molecular flexibility index (Phi) is 3.66. The summed E-state index contributed by atoms with van der Waals surface area (Å²) in [5.41, 5.74) is 6.03. The molecule has 0 bridgehead atoms. The molecule has 0 aliphatic carbocycles. The van der Waals surface area contributed by atoms with E-state index in [1.807, 2.05) is 18.2 Å². The Balaban J connectivity index is 2.62. The van der Waals surface area contributed by atoms with Gasteiger partial charge in [0.25, 0.3) is 0 Å². The first-order chi connectivity index (χ1) is 8.20. The van der Waals surface area contributed by atoms with Crippen LogP contribution >= 0.6 is 15.9 Å². The second-order valence-electron chi connectivity index (χ2n) is 4.14. The molecular weight excluding hydrogens is 272 g/mol. The van der Waals surface area contributed by atoms with Crippen LogP contribution in [-0.4, -0.2) is 0 Å². The van der Waals surface area contributed by atoms with Gasteiger partial charge in [-0.25, -0.2) is 0 Å². The van der Waals surface area contributed by atoms with E-state index in [4.69, 9.17) is 0 Å². The number of hydrogen-bond acceptors (Lipinski definition) is 0. The fraction of sp³-hybridized carbons (Fsp3) is 0.125. The summed E-state index contributed by atoms with van der Waals surface area (Å²) in [5, 5.41) is 0. The van der Waals surface area contributed by atoms with Crippen molar-refractivity contribution in [2.24, 2.45) is 0 Å². The van der Waals surface area contributed by atoms with Crippen LogP contribution in [0.25, 0.3) is 11.1 Å². The first-order valence-corrected chi connectivity index (χ1v) is 6.29. The third-order valence-corrected chi connectivity index (χ3v) is 2.84. The van der Waals surface area contributed by atoms with Crippen molar-refractivity contribution in [3.63, 3.8) is 0 Å². The Morgan fingerprint density at radius 2 is 1.59 bits per heavy atom. The maximum Gasteiger partial charge on any atom is 0.0332 e. The SMILES string of the molecule is Cc1cc(C)cc(-c2ccccc2C#CBr)c1. The van der Waals surface area contributed by atoms with Gasteiger partial charge in [0.15, 0.2) is 0 Å². The Bertz CT molecular complexity index is 580. The molecule has 0 radical (unpaired) electrons. The predicted octanol–water partition coefficient (Wildman–Crippen LogP) is 4.67. The average Bonchev–Trinajstić information content (AvgIpc) is 2.29. The molecule has 0 spiro atoms. The van der Waals surface area contributed by atoms with E-state index >= 15 is 0 Å². The highest BCUT2D eigenvalue weighted by molar-refractivity contribution is 9.12. The molecule has 0 aliphatic rings. The van der Waals surface area contributed by atoms with Crippen molar-refractivity contribution in [1.82, 2.24) is 0 Å². The zero-order valence-corrected chi connectivity index (χ0v) is 11.5. The number of benzene rings is 2. The highest BCUT2D eigenvalue weighted by atomic mass is 79.9. The molecule has 2 rings (SSSR count). The van der Waals surface area contributed by atoms with Crippen LogP contribution in [0, 0.1) is 24.6 Å². The van der Waals surface area contributed by atoms with Gasteiger partial charge in [-0.1, -0.05) is 53.4 Å². The fourth-order valence-corrected chi connectivity index (χ4v) is 2.24. The van der Waals surface area contributed by atoms with E-state index in [2.05, 4.69) is 64.8 Å². The van der Waals surface area contributed by atoms with Crippen molar-refractivity contribution in [1.29, 1.82) is 0 Å². The molecule has 0 amide bonds. The van der Waals surface area contributed by atoms with Gasteiger partial charge in [0.2, 0.25) is 0 Å². The van der Waals surface area contributed by atoms with E-state index in [0.29, 0.717) is 0 Å². The van der Waals surface area contributed by atoms with Gasteiger partial charge in [-0.2, -0.15) is 0 Å². The van der Waals surface area contributed by atoms with Crippen molar-refractivity contribution < 1.29 is 0 Å². The monoisotopic (exact) mass is 284 g/mol. The van der Waals surface area contributed by atoms with Crippen molar-refractivity contribution in [2.45, 2.75) is 13.8 Å². The van der Waals surface area contributed by atoms with Gasteiger partial charge in [0.1, 0.15) is 0 Å². The third-order valence-electron chi connectivity index (χ3n) is 2.64. The molecule has 0 nitrogen and oxygen atoms in total. The Hall–Kier alpha value is -1.52. The summed E-state index contributed by atoms with van der Waals surface area (Å²) in [5.74, 6) is 3.08.